The van der Waals surface area contributed by atoms with Crippen LogP contribution in [0.25, 0.3) is 0 Å². The summed E-state index contributed by atoms with van der Waals surface area (Å²) in [4.78, 5) is 10.6. The van der Waals surface area contributed by atoms with Crippen molar-refractivity contribution in [2.75, 3.05) is 0 Å². The average molecular weight is 258 g/mol. The molecule has 1 aromatic rings. The number of hydrogen-bond acceptors (Lipinski definition) is 3. The van der Waals surface area contributed by atoms with Gasteiger partial charge in [0.25, 0.3) is 0 Å². The second-order valence-corrected chi connectivity index (χ2v) is 4.51. The number of carboxylic acids is 1. The van der Waals surface area contributed by atoms with Crippen LogP contribution in [0.4, 0.5) is 0 Å². The molecule has 0 aliphatic rings. The number of hydrogen-bond donors (Lipinski definition) is 1. The van der Waals surface area contributed by atoms with Crippen molar-refractivity contribution in [2.45, 2.75) is 44.6 Å². The van der Waals surface area contributed by atoms with Crippen molar-refractivity contribution in [1.29, 1.82) is 0 Å². The summed E-state index contributed by atoms with van der Waals surface area (Å²) in [7, 11) is 0. The molecular formula is C14H19NaO3. The van der Waals surface area contributed by atoms with Gasteiger partial charge in [0, 0.05) is 12.4 Å². The fourth-order valence-electron chi connectivity index (χ4n) is 2.06. The first kappa shape index (κ1) is 17.6. The van der Waals surface area contributed by atoms with E-state index in [1.807, 2.05) is 37.3 Å². The molecule has 0 aliphatic carbocycles. The second-order valence-electron chi connectivity index (χ2n) is 4.51. The standard InChI is InChI=1S/C14H20O3.Na/c1-2-9-14(17,11-13(15)16)10-8-12-6-4-3-5-7-12;/h3-7,17H,2,8-11H2,1H3,(H,15,16);/q;+1/p-1. The van der Waals surface area contributed by atoms with Crippen molar-refractivity contribution in [3.05, 3.63) is 35.9 Å². The molecule has 18 heavy (non-hydrogen) atoms. The molecule has 0 saturated heterocycles. The molecule has 0 heterocycles. The molecule has 0 bridgehead atoms. The van der Waals surface area contributed by atoms with Crippen molar-refractivity contribution < 1.29 is 44.6 Å². The Morgan fingerprint density at radius 2 is 1.89 bits per heavy atom. The maximum atomic E-state index is 10.6. The molecule has 0 aliphatic heterocycles. The first-order valence-corrected chi connectivity index (χ1v) is 6.02. The van der Waals surface area contributed by atoms with E-state index in [2.05, 4.69) is 0 Å². The first-order valence-electron chi connectivity index (χ1n) is 6.02. The summed E-state index contributed by atoms with van der Waals surface area (Å²) in [5.74, 6) is -1.19. The van der Waals surface area contributed by atoms with E-state index in [1.54, 1.807) is 0 Å². The maximum absolute atomic E-state index is 10.6. The van der Waals surface area contributed by atoms with Gasteiger partial charge in [-0.1, -0.05) is 43.7 Å². The summed E-state index contributed by atoms with van der Waals surface area (Å²) >= 11 is 0. The summed E-state index contributed by atoms with van der Waals surface area (Å²) in [6, 6.07) is 9.76. The summed E-state index contributed by atoms with van der Waals surface area (Å²) in [5, 5.41) is 20.9. The molecule has 0 aromatic heterocycles. The molecule has 0 fully saturated rings. The third kappa shape index (κ3) is 6.55. The molecule has 0 saturated carbocycles. The fraction of sp³-hybridized carbons (Fsp3) is 0.500. The number of aliphatic hydroxyl groups is 1. The van der Waals surface area contributed by atoms with Gasteiger partial charge in [0.05, 0.1) is 5.60 Å². The summed E-state index contributed by atoms with van der Waals surface area (Å²) in [5.41, 5.74) is -0.0240. The van der Waals surface area contributed by atoms with Gasteiger partial charge in [-0.25, -0.2) is 0 Å². The zero-order chi connectivity index (χ0) is 12.7. The second kappa shape index (κ2) is 8.70. The predicted octanol–water partition coefficient (Wildman–Crippen LogP) is -1.71. The average Bonchev–Trinajstić information content (AvgIpc) is 2.27. The van der Waals surface area contributed by atoms with E-state index in [9.17, 15) is 15.0 Å². The van der Waals surface area contributed by atoms with Crippen LogP contribution >= 0.6 is 0 Å². The van der Waals surface area contributed by atoms with Crippen molar-refractivity contribution in [3.63, 3.8) is 0 Å². The van der Waals surface area contributed by atoms with Gasteiger partial charge in [0.1, 0.15) is 0 Å². The quantitative estimate of drug-likeness (QED) is 0.593. The zero-order valence-corrected chi connectivity index (χ0v) is 13.2. The Labute approximate surface area is 131 Å². The van der Waals surface area contributed by atoms with Crippen molar-refractivity contribution in [1.82, 2.24) is 0 Å². The predicted molar refractivity (Wildman–Crippen MR) is 64.2 cm³/mol. The van der Waals surface area contributed by atoms with Gasteiger partial charge in [-0.05, 0) is 24.8 Å². The van der Waals surface area contributed by atoms with Crippen LogP contribution in [0.3, 0.4) is 0 Å². The largest absolute Gasteiger partial charge is 1.00 e. The molecule has 0 radical (unpaired) electrons. The van der Waals surface area contributed by atoms with Crippen LogP contribution in [0.15, 0.2) is 30.3 Å². The summed E-state index contributed by atoms with van der Waals surface area (Å²) in [6.45, 7) is 1.93. The van der Waals surface area contributed by atoms with E-state index < -0.39 is 11.6 Å². The minimum atomic E-state index is -1.19. The number of carbonyl (C=O) groups excluding carboxylic acids is 1. The van der Waals surface area contributed by atoms with Gasteiger partial charge >= 0.3 is 29.6 Å². The topological polar surface area (TPSA) is 60.4 Å². The molecule has 1 unspecified atom stereocenters. The van der Waals surface area contributed by atoms with Crippen LogP contribution < -0.4 is 34.7 Å². The first-order chi connectivity index (χ1) is 8.06. The number of aliphatic carboxylic acids is 1. The number of aryl methyl sites for hydroxylation is 1. The Kier molecular flexibility index (Phi) is 8.53. The third-order valence-corrected chi connectivity index (χ3v) is 2.91. The number of carboxylic acid groups (broad SMARTS) is 1. The Hall–Kier alpha value is -0.350. The number of benzene rings is 1. The van der Waals surface area contributed by atoms with Gasteiger partial charge in [0.2, 0.25) is 0 Å². The number of carbonyl (C=O) groups is 1. The Bertz CT molecular complexity index is 353. The molecule has 1 rings (SSSR count). The van der Waals surface area contributed by atoms with E-state index in [4.69, 9.17) is 0 Å². The van der Waals surface area contributed by atoms with Gasteiger partial charge in [-0.3, -0.25) is 0 Å². The molecule has 4 heteroatoms. The molecule has 0 spiro atoms. The third-order valence-electron chi connectivity index (χ3n) is 2.91. The molecule has 1 aromatic carbocycles. The summed E-state index contributed by atoms with van der Waals surface area (Å²) < 4.78 is 0. The maximum Gasteiger partial charge on any atom is 1.00 e. The van der Waals surface area contributed by atoms with Gasteiger partial charge < -0.3 is 15.0 Å². The Balaban J connectivity index is 0.00000289. The van der Waals surface area contributed by atoms with Gasteiger partial charge in [-0.2, -0.15) is 0 Å². The van der Waals surface area contributed by atoms with E-state index in [0.29, 0.717) is 19.3 Å². The normalized spacial score (nSPS) is 13.4. The van der Waals surface area contributed by atoms with E-state index in [0.717, 1.165) is 12.0 Å². The van der Waals surface area contributed by atoms with Crippen LogP contribution in [-0.2, 0) is 11.2 Å². The minimum Gasteiger partial charge on any atom is -0.550 e. The Morgan fingerprint density at radius 3 is 2.39 bits per heavy atom. The van der Waals surface area contributed by atoms with Crippen LogP contribution in [0, 0.1) is 0 Å². The zero-order valence-electron chi connectivity index (χ0n) is 11.2. The van der Waals surface area contributed by atoms with Crippen LogP contribution in [-0.4, -0.2) is 16.7 Å². The van der Waals surface area contributed by atoms with Crippen LogP contribution in [0.1, 0.15) is 38.2 Å². The molecule has 0 amide bonds. The van der Waals surface area contributed by atoms with Crippen LogP contribution in [0.5, 0.6) is 0 Å². The van der Waals surface area contributed by atoms with Crippen molar-refractivity contribution in [3.8, 4) is 0 Å². The van der Waals surface area contributed by atoms with Crippen molar-refractivity contribution >= 4 is 5.97 Å². The molecule has 94 valence electrons. The van der Waals surface area contributed by atoms with Crippen molar-refractivity contribution in [2.24, 2.45) is 0 Å². The van der Waals surface area contributed by atoms with E-state index >= 15 is 0 Å². The fourth-order valence-corrected chi connectivity index (χ4v) is 2.06. The van der Waals surface area contributed by atoms with E-state index in [1.165, 1.54) is 0 Å². The molecule has 3 nitrogen and oxygen atoms in total. The van der Waals surface area contributed by atoms with E-state index in [-0.39, 0.29) is 36.0 Å². The molecule has 1 N–H and O–H groups in total. The van der Waals surface area contributed by atoms with Gasteiger partial charge in [-0.15, -0.1) is 0 Å². The number of rotatable bonds is 7. The smallest absolute Gasteiger partial charge is 0.550 e. The Morgan fingerprint density at radius 1 is 1.28 bits per heavy atom. The van der Waals surface area contributed by atoms with Gasteiger partial charge in [0.15, 0.2) is 0 Å². The minimum absolute atomic E-state index is 0. The SMILES string of the molecule is CCCC(O)(CCc1ccccc1)CC(=O)[O-].[Na+]. The monoisotopic (exact) mass is 258 g/mol. The summed E-state index contributed by atoms with van der Waals surface area (Å²) in [6.07, 6.45) is 2.11. The molecule has 1 atom stereocenters. The molecular weight excluding hydrogens is 239 g/mol. The van der Waals surface area contributed by atoms with Crippen LogP contribution in [0.2, 0.25) is 0 Å².